The number of aliphatic carboxylic acids is 1. The summed E-state index contributed by atoms with van der Waals surface area (Å²) in [5.74, 6) is -0.103. The molecule has 110 valence electrons. The van der Waals surface area contributed by atoms with E-state index in [-0.39, 0.29) is 0 Å². The summed E-state index contributed by atoms with van der Waals surface area (Å²) >= 11 is 0. The predicted molar refractivity (Wildman–Crippen MR) is 74.2 cm³/mol. The molecule has 1 N–H and O–H groups in total. The highest BCUT2D eigenvalue weighted by molar-refractivity contribution is 5.66. The van der Waals surface area contributed by atoms with Crippen molar-refractivity contribution >= 4 is 5.97 Å². The van der Waals surface area contributed by atoms with E-state index in [1.807, 2.05) is 7.11 Å². The Kier molecular flexibility index (Phi) is 5.64. The Labute approximate surface area is 116 Å². The number of hydrogen-bond donors (Lipinski definition) is 1. The van der Waals surface area contributed by atoms with Crippen molar-refractivity contribution in [3.8, 4) is 0 Å². The van der Waals surface area contributed by atoms with Crippen LogP contribution >= 0.6 is 0 Å². The smallest absolute Gasteiger partial charge is 0.303 e. The zero-order valence-corrected chi connectivity index (χ0v) is 12.0. The van der Waals surface area contributed by atoms with Gasteiger partial charge in [-0.05, 0) is 44.6 Å². The van der Waals surface area contributed by atoms with E-state index >= 15 is 0 Å². The predicted octanol–water partition coefficient (Wildman–Crippen LogP) is 2.52. The lowest BCUT2D eigenvalue weighted by atomic mass is 9.87. The van der Waals surface area contributed by atoms with Crippen LogP contribution in [0.25, 0.3) is 0 Å². The molecule has 1 saturated heterocycles. The van der Waals surface area contributed by atoms with Crippen molar-refractivity contribution < 1.29 is 14.6 Å². The zero-order chi connectivity index (χ0) is 13.7. The van der Waals surface area contributed by atoms with Crippen LogP contribution in [-0.4, -0.2) is 48.3 Å². The maximum Gasteiger partial charge on any atom is 0.303 e. The van der Waals surface area contributed by atoms with E-state index in [0.717, 1.165) is 19.5 Å². The number of nitrogens with zero attached hydrogens (tertiary/aromatic N) is 1. The van der Waals surface area contributed by atoms with Gasteiger partial charge in [-0.15, -0.1) is 0 Å². The molecule has 0 aromatic carbocycles. The van der Waals surface area contributed by atoms with E-state index in [1.165, 1.54) is 38.5 Å². The first-order valence-electron chi connectivity index (χ1n) is 7.69. The molecule has 4 nitrogen and oxygen atoms in total. The number of rotatable bonds is 5. The molecule has 2 fully saturated rings. The molecule has 1 heterocycles. The van der Waals surface area contributed by atoms with Crippen LogP contribution < -0.4 is 0 Å². The number of methoxy groups -OCH3 is 1. The lowest BCUT2D eigenvalue weighted by Gasteiger charge is -2.43. The van der Waals surface area contributed by atoms with Gasteiger partial charge in [-0.3, -0.25) is 9.69 Å². The second kappa shape index (κ2) is 7.25. The van der Waals surface area contributed by atoms with Crippen molar-refractivity contribution in [1.82, 2.24) is 4.90 Å². The van der Waals surface area contributed by atoms with Gasteiger partial charge in [0.2, 0.25) is 0 Å². The Balaban J connectivity index is 1.86. The standard InChI is InChI=1S/C15H27NO3/c1-19-14-7-3-2-6-13(14)16-10-4-5-12(11-16)8-9-15(17)18/h12-14H,2-11H2,1H3,(H,17,18). The average molecular weight is 269 g/mol. The highest BCUT2D eigenvalue weighted by atomic mass is 16.5. The molecule has 0 bridgehead atoms. The molecule has 0 aromatic rings. The first-order chi connectivity index (χ1) is 9.20. The van der Waals surface area contributed by atoms with Gasteiger partial charge in [0.1, 0.15) is 0 Å². The maximum absolute atomic E-state index is 10.7. The molecule has 0 amide bonds. The Morgan fingerprint density at radius 3 is 2.79 bits per heavy atom. The molecule has 0 radical (unpaired) electrons. The van der Waals surface area contributed by atoms with Gasteiger partial charge in [-0.1, -0.05) is 12.8 Å². The molecular weight excluding hydrogens is 242 g/mol. The second-order valence-corrected chi connectivity index (χ2v) is 6.06. The number of likely N-dealkylation sites (tertiary alicyclic amines) is 1. The molecule has 0 aromatic heterocycles. The first kappa shape index (κ1) is 14.8. The van der Waals surface area contributed by atoms with Crippen molar-refractivity contribution in [2.24, 2.45) is 5.92 Å². The highest BCUT2D eigenvalue weighted by Gasteiger charge is 2.33. The van der Waals surface area contributed by atoms with Crippen LogP contribution in [0.15, 0.2) is 0 Å². The molecule has 1 aliphatic carbocycles. The number of carboxylic acid groups (broad SMARTS) is 1. The van der Waals surface area contributed by atoms with Gasteiger partial charge in [-0.2, -0.15) is 0 Å². The van der Waals surface area contributed by atoms with Gasteiger partial charge >= 0.3 is 5.97 Å². The molecule has 2 rings (SSSR count). The average Bonchev–Trinajstić information content (AvgIpc) is 2.45. The quantitative estimate of drug-likeness (QED) is 0.833. The van der Waals surface area contributed by atoms with Gasteiger partial charge in [0.25, 0.3) is 0 Å². The minimum absolute atomic E-state index is 0.316. The van der Waals surface area contributed by atoms with E-state index in [0.29, 0.717) is 24.5 Å². The Hall–Kier alpha value is -0.610. The van der Waals surface area contributed by atoms with Crippen LogP contribution in [0.1, 0.15) is 51.4 Å². The Morgan fingerprint density at radius 2 is 2.05 bits per heavy atom. The fourth-order valence-electron chi connectivity index (χ4n) is 3.73. The second-order valence-electron chi connectivity index (χ2n) is 6.06. The topological polar surface area (TPSA) is 49.8 Å². The lowest BCUT2D eigenvalue weighted by molar-refractivity contribution is -0.137. The SMILES string of the molecule is COC1CCCCC1N1CCCC(CCC(=O)O)C1. The third-order valence-corrected chi connectivity index (χ3v) is 4.76. The first-order valence-corrected chi connectivity index (χ1v) is 7.69. The molecule has 1 aliphatic heterocycles. The van der Waals surface area contributed by atoms with Crippen LogP contribution in [-0.2, 0) is 9.53 Å². The fourth-order valence-corrected chi connectivity index (χ4v) is 3.73. The Bertz CT molecular complexity index is 295. The van der Waals surface area contributed by atoms with E-state index in [2.05, 4.69) is 4.90 Å². The van der Waals surface area contributed by atoms with Crippen LogP contribution in [0.5, 0.6) is 0 Å². The van der Waals surface area contributed by atoms with Crippen molar-refractivity contribution in [2.75, 3.05) is 20.2 Å². The summed E-state index contributed by atoms with van der Waals surface area (Å²) in [5.41, 5.74) is 0. The molecular formula is C15H27NO3. The van der Waals surface area contributed by atoms with E-state index in [9.17, 15) is 4.79 Å². The van der Waals surface area contributed by atoms with Crippen LogP contribution in [0.4, 0.5) is 0 Å². The van der Waals surface area contributed by atoms with Crippen LogP contribution in [0, 0.1) is 5.92 Å². The van der Waals surface area contributed by atoms with Gasteiger partial charge in [0.15, 0.2) is 0 Å². The van der Waals surface area contributed by atoms with Crippen LogP contribution in [0.2, 0.25) is 0 Å². The van der Waals surface area contributed by atoms with Crippen molar-refractivity contribution in [3.05, 3.63) is 0 Å². The van der Waals surface area contributed by atoms with Gasteiger partial charge in [-0.25, -0.2) is 0 Å². The number of carboxylic acids is 1. The molecule has 3 atom stereocenters. The van der Waals surface area contributed by atoms with Crippen LogP contribution in [0.3, 0.4) is 0 Å². The number of hydrogen-bond acceptors (Lipinski definition) is 3. The minimum Gasteiger partial charge on any atom is -0.481 e. The van der Waals surface area contributed by atoms with E-state index in [4.69, 9.17) is 9.84 Å². The molecule has 19 heavy (non-hydrogen) atoms. The molecule has 2 aliphatic rings. The summed E-state index contributed by atoms with van der Waals surface area (Å²) in [6, 6.07) is 0.561. The molecule has 1 saturated carbocycles. The molecule has 0 spiro atoms. The third kappa shape index (κ3) is 4.18. The van der Waals surface area contributed by atoms with Crippen molar-refractivity contribution in [2.45, 2.75) is 63.5 Å². The van der Waals surface area contributed by atoms with E-state index < -0.39 is 5.97 Å². The summed E-state index contributed by atoms with van der Waals surface area (Å²) in [6.07, 6.45) is 8.93. The monoisotopic (exact) mass is 269 g/mol. The van der Waals surface area contributed by atoms with Gasteiger partial charge in [0, 0.05) is 26.1 Å². The normalized spacial score (nSPS) is 33.2. The van der Waals surface area contributed by atoms with Crippen molar-refractivity contribution in [1.29, 1.82) is 0 Å². The molecule has 3 unspecified atom stereocenters. The summed E-state index contributed by atoms with van der Waals surface area (Å²) < 4.78 is 5.65. The number of carbonyl (C=O) groups is 1. The molecule has 4 heteroatoms. The minimum atomic E-state index is -0.662. The maximum atomic E-state index is 10.7. The Morgan fingerprint density at radius 1 is 1.26 bits per heavy atom. The highest BCUT2D eigenvalue weighted by Crippen LogP contribution is 2.30. The van der Waals surface area contributed by atoms with Gasteiger partial charge < -0.3 is 9.84 Å². The third-order valence-electron chi connectivity index (χ3n) is 4.76. The summed E-state index contributed by atoms with van der Waals surface area (Å²) in [6.45, 7) is 2.23. The number of piperidine rings is 1. The van der Waals surface area contributed by atoms with E-state index in [1.54, 1.807) is 0 Å². The zero-order valence-electron chi connectivity index (χ0n) is 12.0. The summed E-state index contributed by atoms with van der Waals surface area (Å²) in [5, 5.41) is 8.81. The lowest BCUT2D eigenvalue weighted by Crippen LogP contribution is -2.50. The summed E-state index contributed by atoms with van der Waals surface area (Å²) in [7, 11) is 1.83. The van der Waals surface area contributed by atoms with Crippen molar-refractivity contribution in [3.63, 3.8) is 0 Å². The van der Waals surface area contributed by atoms with Gasteiger partial charge in [0.05, 0.1) is 6.10 Å². The summed E-state index contributed by atoms with van der Waals surface area (Å²) in [4.78, 5) is 13.3. The fraction of sp³-hybridized carbons (Fsp3) is 0.933. The largest absolute Gasteiger partial charge is 0.481 e. The number of ether oxygens (including phenoxy) is 1.